The van der Waals surface area contributed by atoms with Crippen LogP contribution in [0.1, 0.15) is 25.0 Å². The molecule has 0 aliphatic heterocycles. The second kappa shape index (κ2) is 12.7. The van der Waals surface area contributed by atoms with E-state index in [2.05, 4.69) is 194 Å². The standard InChI is InChI=1S/C46H38N2/c1-3-33-29-39(47(37-21-7-5-8-22-37)45-27-15-19-35-17-11-13-25-41(35)45)32-44-34(4-2)30-40(31-43(33)44)48(38-23-9-6-10-24-38)46-28-16-20-36-18-12-14-26-42(36)46/h5-32H,3-4H2,1-2H3. The Morgan fingerprint density at radius 1 is 0.333 bits per heavy atom. The van der Waals surface area contributed by atoms with Crippen LogP contribution >= 0.6 is 0 Å². The molecule has 0 unspecified atom stereocenters. The van der Waals surface area contributed by atoms with Crippen LogP contribution in [-0.4, -0.2) is 0 Å². The maximum Gasteiger partial charge on any atom is 0.0540 e. The van der Waals surface area contributed by atoms with Crippen molar-refractivity contribution in [1.29, 1.82) is 0 Å². The molecular weight excluding hydrogens is 581 g/mol. The summed E-state index contributed by atoms with van der Waals surface area (Å²) in [7, 11) is 0. The number of hydrogen-bond donors (Lipinski definition) is 0. The Kier molecular flexibility index (Phi) is 7.84. The SMILES string of the molecule is CCc1cc(N(c2ccccc2)c2cccc3ccccc23)cc2c(CC)cc(N(c3ccccc3)c3cccc4ccccc34)cc12. The normalized spacial score (nSPS) is 11.3. The first kappa shape index (κ1) is 29.5. The van der Waals surface area contributed by atoms with E-state index in [1.165, 1.54) is 66.2 Å². The van der Waals surface area contributed by atoms with Crippen molar-refractivity contribution in [3.05, 3.63) is 181 Å². The summed E-state index contributed by atoms with van der Waals surface area (Å²) < 4.78 is 0. The zero-order valence-electron chi connectivity index (χ0n) is 27.5. The van der Waals surface area contributed by atoms with Crippen molar-refractivity contribution in [2.75, 3.05) is 9.80 Å². The summed E-state index contributed by atoms with van der Waals surface area (Å²) in [6.07, 6.45) is 1.85. The number of hydrogen-bond acceptors (Lipinski definition) is 2. The molecule has 0 N–H and O–H groups in total. The van der Waals surface area contributed by atoms with Crippen LogP contribution in [0.25, 0.3) is 32.3 Å². The summed E-state index contributed by atoms with van der Waals surface area (Å²) >= 11 is 0. The maximum atomic E-state index is 2.43. The number of para-hydroxylation sites is 2. The maximum absolute atomic E-state index is 2.43. The smallest absolute Gasteiger partial charge is 0.0540 e. The lowest BCUT2D eigenvalue weighted by Gasteiger charge is -2.30. The van der Waals surface area contributed by atoms with Crippen molar-refractivity contribution >= 4 is 66.4 Å². The number of benzene rings is 8. The summed E-state index contributed by atoms with van der Waals surface area (Å²) in [4.78, 5) is 4.86. The van der Waals surface area contributed by atoms with E-state index in [4.69, 9.17) is 0 Å². The monoisotopic (exact) mass is 618 g/mol. The van der Waals surface area contributed by atoms with Gasteiger partial charge in [0, 0.05) is 33.5 Å². The van der Waals surface area contributed by atoms with Gasteiger partial charge in [-0.15, -0.1) is 0 Å². The third kappa shape index (κ3) is 5.26. The highest BCUT2D eigenvalue weighted by atomic mass is 15.1. The van der Waals surface area contributed by atoms with Crippen molar-refractivity contribution in [3.8, 4) is 0 Å². The predicted molar refractivity (Wildman–Crippen MR) is 207 cm³/mol. The van der Waals surface area contributed by atoms with Gasteiger partial charge in [-0.3, -0.25) is 0 Å². The molecule has 2 nitrogen and oxygen atoms in total. The molecule has 48 heavy (non-hydrogen) atoms. The lowest BCUT2D eigenvalue weighted by molar-refractivity contribution is 1.13. The Labute approximate surface area is 283 Å². The Bertz CT molecular complexity index is 2200. The van der Waals surface area contributed by atoms with Crippen molar-refractivity contribution in [2.45, 2.75) is 26.7 Å². The van der Waals surface area contributed by atoms with Crippen molar-refractivity contribution in [3.63, 3.8) is 0 Å². The van der Waals surface area contributed by atoms with E-state index in [0.29, 0.717) is 0 Å². The average Bonchev–Trinajstić information content (AvgIpc) is 3.15. The molecule has 0 fully saturated rings. The van der Waals surface area contributed by atoms with Gasteiger partial charge in [-0.1, -0.05) is 123 Å². The minimum absolute atomic E-state index is 0.925. The van der Waals surface area contributed by atoms with Crippen LogP contribution in [0.4, 0.5) is 34.1 Å². The van der Waals surface area contributed by atoms with Crippen LogP contribution in [0.5, 0.6) is 0 Å². The Morgan fingerprint density at radius 3 is 1.12 bits per heavy atom. The van der Waals surface area contributed by atoms with E-state index in [-0.39, 0.29) is 0 Å². The van der Waals surface area contributed by atoms with Gasteiger partial charge in [0.25, 0.3) is 0 Å². The Morgan fingerprint density at radius 2 is 0.708 bits per heavy atom. The van der Waals surface area contributed by atoms with Crippen LogP contribution in [0.15, 0.2) is 170 Å². The number of rotatable bonds is 8. The van der Waals surface area contributed by atoms with Gasteiger partial charge in [0.05, 0.1) is 11.4 Å². The molecular formula is C46H38N2. The minimum atomic E-state index is 0.925. The second-order valence-electron chi connectivity index (χ2n) is 12.4. The topological polar surface area (TPSA) is 6.48 Å². The Balaban J connectivity index is 1.37. The molecule has 8 aromatic carbocycles. The first-order valence-electron chi connectivity index (χ1n) is 17.0. The molecule has 0 spiro atoms. The molecule has 0 saturated heterocycles. The van der Waals surface area contributed by atoms with Crippen molar-refractivity contribution < 1.29 is 0 Å². The third-order valence-corrected chi connectivity index (χ3v) is 9.53. The fraction of sp³-hybridized carbons (Fsp3) is 0.0870. The molecule has 0 aromatic heterocycles. The van der Waals surface area contributed by atoms with E-state index >= 15 is 0 Å². The van der Waals surface area contributed by atoms with Gasteiger partial charge in [-0.05, 0) is 106 Å². The first-order chi connectivity index (χ1) is 23.7. The van der Waals surface area contributed by atoms with Gasteiger partial charge in [-0.2, -0.15) is 0 Å². The number of fused-ring (bicyclic) bond motifs is 3. The first-order valence-corrected chi connectivity index (χ1v) is 17.0. The molecule has 0 bridgehead atoms. The average molecular weight is 619 g/mol. The van der Waals surface area contributed by atoms with Gasteiger partial charge in [0.1, 0.15) is 0 Å². The van der Waals surface area contributed by atoms with Gasteiger partial charge in [0.2, 0.25) is 0 Å². The van der Waals surface area contributed by atoms with E-state index in [0.717, 1.165) is 24.2 Å². The summed E-state index contributed by atoms with van der Waals surface area (Å²) in [5.74, 6) is 0. The van der Waals surface area contributed by atoms with Gasteiger partial charge < -0.3 is 9.80 Å². The van der Waals surface area contributed by atoms with Crippen LogP contribution in [0.2, 0.25) is 0 Å². The summed E-state index contributed by atoms with van der Waals surface area (Å²) in [6, 6.07) is 61.8. The number of anilines is 6. The Hall–Kier alpha value is -5.86. The highest BCUT2D eigenvalue weighted by molar-refractivity contribution is 6.04. The van der Waals surface area contributed by atoms with Crippen molar-refractivity contribution in [1.82, 2.24) is 0 Å². The quantitative estimate of drug-likeness (QED) is 0.167. The lowest BCUT2D eigenvalue weighted by Crippen LogP contribution is -2.12. The van der Waals surface area contributed by atoms with Crippen LogP contribution in [0, 0.1) is 0 Å². The van der Waals surface area contributed by atoms with E-state index < -0.39 is 0 Å². The zero-order chi connectivity index (χ0) is 32.5. The number of nitrogens with zero attached hydrogens (tertiary/aromatic N) is 2. The predicted octanol–water partition coefficient (Wildman–Crippen LogP) is 13.2. The van der Waals surface area contributed by atoms with Gasteiger partial charge in [-0.25, -0.2) is 0 Å². The van der Waals surface area contributed by atoms with Crippen LogP contribution in [0.3, 0.4) is 0 Å². The van der Waals surface area contributed by atoms with Crippen molar-refractivity contribution in [2.24, 2.45) is 0 Å². The molecule has 0 aliphatic carbocycles. The summed E-state index contributed by atoms with van der Waals surface area (Å²) in [5.41, 5.74) is 9.70. The molecule has 0 heterocycles. The van der Waals surface area contributed by atoms with Crippen LogP contribution < -0.4 is 9.80 Å². The van der Waals surface area contributed by atoms with E-state index in [1.54, 1.807) is 0 Å². The molecule has 2 heteroatoms. The largest absolute Gasteiger partial charge is 0.310 e. The number of aryl methyl sites for hydroxylation is 2. The molecule has 0 radical (unpaired) electrons. The molecule has 8 aromatic rings. The van der Waals surface area contributed by atoms with E-state index in [1.807, 2.05) is 0 Å². The molecule has 8 rings (SSSR count). The summed E-state index contributed by atoms with van der Waals surface area (Å²) in [6.45, 7) is 4.56. The van der Waals surface area contributed by atoms with E-state index in [9.17, 15) is 0 Å². The molecule has 0 atom stereocenters. The highest BCUT2D eigenvalue weighted by Gasteiger charge is 2.21. The van der Waals surface area contributed by atoms with Gasteiger partial charge >= 0.3 is 0 Å². The fourth-order valence-corrected chi connectivity index (χ4v) is 7.24. The zero-order valence-corrected chi connectivity index (χ0v) is 27.5. The lowest BCUT2D eigenvalue weighted by atomic mass is 9.94. The summed E-state index contributed by atoms with van der Waals surface area (Å²) in [5, 5.41) is 7.57. The molecule has 0 amide bonds. The highest BCUT2D eigenvalue weighted by Crippen LogP contribution is 2.44. The molecule has 232 valence electrons. The van der Waals surface area contributed by atoms with Crippen LogP contribution in [-0.2, 0) is 12.8 Å². The van der Waals surface area contributed by atoms with Gasteiger partial charge in [0.15, 0.2) is 0 Å². The molecule has 0 saturated carbocycles. The minimum Gasteiger partial charge on any atom is -0.310 e. The second-order valence-corrected chi connectivity index (χ2v) is 12.4. The third-order valence-electron chi connectivity index (χ3n) is 9.53. The fourth-order valence-electron chi connectivity index (χ4n) is 7.24. The molecule has 0 aliphatic rings.